The minimum atomic E-state index is -4.82. The standard InChI is InChI=1S/C27H28F4N8O2/c1-11-19(27(29,30)31)13(7-16(32)35-11)22-20(28)23-18(24-33-10-34-39(22)24)21(36-38(23)12-5-6-12)17-14-8-37(9-15(14)17)25(40)41-26(2,3)4/h7,10,12,14-15,17H,5-6,8-9H2,1-4H3,(H2,32,35)/t14-,15+,17?. The number of hydrogen-bond donors (Lipinski definition) is 1. The predicted molar refractivity (Wildman–Crippen MR) is 139 cm³/mol. The molecule has 7 rings (SSSR count). The summed E-state index contributed by atoms with van der Waals surface area (Å²) in [6, 6.07) is 0.957. The van der Waals surface area contributed by atoms with E-state index in [1.54, 1.807) is 9.58 Å². The number of nitrogens with two attached hydrogens (primary N) is 1. The molecule has 216 valence electrons. The molecule has 2 saturated carbocycles. The molecule has 0 radical (unpaired) electrons. The Hall–Kier alpha value is -3.97. The van der Waals surface area contributed by atoms with E-state index in [4.69, 9.17) is 15.6 Å². The van der Waals surface area contributed by atoms with Crippen molar-refractivity contribution in [2.45, 2.75) is 64.3 Å². The lowest BCUT2D eigenvalue weighted by Crippen LogP contribution is -2.36. The number of nitrogen functional groups attached to an aromatic ring is 1. The fourth-order valence-electron chi connectivity index (χ4n) is 6.36. The van der Waals surface area contributed by atoms with Crippen LogP contribution in [0.2, 0.25) is 0 Å². The van der Waals surface area contributed by atoms with Crippen molar-refractivity contribution in [3.05, 3.63) is 35.2 Å². The highest BCUT2D eigenvalue weighted by molar-refractivity contribution is 5.98. The summed E-state index contributed by atoms with van der Waals surface area (Å²) < 4.78 is 67.7. The Morgan fingerprint density at radius 3 is 2.44 bits per heavy atom. The Kier molecular flexibility index (Phi) is 5.25. The number of nitrogens with zero attached hydrogens (tertiary/aromatic N) is 7. The number of fused-ring (bicyclic) bond motifs is 4. The molecule has 3 aliphatic rings. The number of piperidine rings is 1. The fraction of sp³-hybridized carbons (Fsp3) is 0.519. The van der Waals surface area contributed by atoms with Gasteiger partial charge in [-0.2, -0.15) is 23.4 Å². The molecular weight excluding hydrogens is 544 g/mol. The molecule has 41 heavy (non-hydrogen) atoms. The molecule has 1 saturated heterocycles. The van der Waals surface area contributed by atoms with E-state index in [9.17, 15) is 18.0 Å². The first-order valence-corrected chi connectivity index (χ1v) is 13.5. The lowest BCUT2D eigenvalue weighted by Gasteiger charge is -2.25. The van der Waals surface area contributed by atoms with E-state index in [0.29, 0.717) is 24.2 Å². The molecule has 14 heteroatoms. The van der Waals surface area contributed by atoms with E-state index in [-0.39, 0.29) is 52.6 Å². The van der Waals surface area contributed by atoms with Crippen LogP contribution in [0.25, 0.3) is 27.8 Å². The summed E-state index contributed by atoms with van der Waals surface area (Å²) in [6.07, 6.45) is -2.44. The Labute approximate surface area is 231 Å². The Balaban J connectivity index is 1.38. The first-order valence-electron chi connectivity index (χ1n) is 13.5. The second-order valence-corrected chi connectivity index (χ2v) is 12.2. The average molecular weight is 573 g/mol. The monoisotopic (exact) mass is 572 g/mol. The molecule has 3 atom stereocenters. The number of ether oxygens (including phenoxy) is 1. The zero-order valence-corrected chi connectivity index (χ0v) is 22.8. The van der Waals surface area contributed by atoms with Gasteiger partial charge in [-0.25, -0.2) is 23.7 Å². The number of rotatable bonds is 3. The zero-order chi connectivity index (χ0) is 29.2. The first kappa shape index (κ1) is 26.0. The summed E-state index contributed by atoms with van der Waals surface area (Å²) in [5.74, 6) is -0.876. The van der Waals surface area contributed by atoms with Gasteiger partial charge >= 0.3 is 12.3 Å². The van der Waals surface area contributed by atoms with E-state index in [2.05, 4.69) is 15.1 Å². The maximum atomic E-state index is 16.7. The van der Waals surface area contributed by atoms with Crippen LogP contribution in [0, 0.1) is 24.6 Å². The van der Waals surface area contributed by atoms with Gasteiger partial charge in [-0.05, 0) is 58.4 Å². The molecule has 10 nitrogen and oxygen atoms in total. The van der Waals surface area contributed by atoms with Gasteiger partial charge in [-0.15, -0.1) is 0 Å². The number of carbonyl (C=O) groups is 1. The third kappa shape index (κ3) is 4.01. The number of amides is 1. The van der Waals surface area contributed by atoms with E-state index in [0.717, 1.165) is 23.4 Å². The summed E-state index contributed by atoms with van der Waals surface area (Å²) in [6.45, 7) is 7.59. The normalized spacial score (nSPS) is 22.5. The first-order chi connectivity index (χ1) is 19.2. The van der Waals surface area contributed by atoms with Crippen LogP contribution in [0.5, 0.6) is 0 Å². The maximum Gasteiger partial charge on any atom is 0.418 e. The van der Waals surface area contributed by atoms with Crippen LogP contribution in [-0.2, 0) is 10.9 Å². The van der Waals surface area contributed by atoms with E-state index in [1.807, 2.05) is 20.8 Å². The molecule has 4 aromatic rings. The average Bonchev–Trinajstić information content (AvgIpc) is 3.61. The minimum absolute atomic E-state index is 0.0495. The van der Waals surface area contributed by atoms with E-state index >= 15 is 4.39 Å². The van der Waals surface area contributed by atoms with Crippen molar-refractivity contribution >= 4 is 28.5 Å². The summed E-state index contributed by atoms with van der Waals surface area (Å²) in [7, 11) is 0. The number of hydrogen-bond acceptors (Lipinski definition) is 7. The fourth-order valence-corrected chi connectivity index (χ4v) is 6.36. The van der Waals surface area contributed by atoms with Gasteiger partial charge in [0.05, 0.1) is 28.4 Å². The van der Waals surface area contributed by atoms with Crippen molar-refractivity contribution in [2.24, 2.45) is 11.8 Å². The smallest absolute Gasteiger partial charge is 0.418 e. The van der Waals surface area contributed by atoms with Crippen LogP contribution >= 0.6 is 0 Å². The number of pyridine rings is 2. The van der Waals surface area contributed by atoms with Crippen molar-refractivity contribution in [3.8, 4) is 11.3 Å². The highest BCUT2D eigenvalue weighted by Gasteiger charge is 2.60. The quantitative estimate of drug-likeness (QED) is 0.340. The van der Waals surface area contributed by atoms with Crippen molar-refractivity contribution in [3.63, 3.8) is 0 Å². The summed E-state index contributed by atoms with van der Waals surface area (Å²) >= 11 is 0. The molecule has 1 aliphatic heterocycles. The van der Waals surface area contributed by atoms with Gasteiger partial charge < -0.3 is 15.4 Å². The molecule has 3 fully saturated rings. The Bertz CT molecular complexity index is 1740. The van der Waals surface area contributed by atoms with Crippen LogP contribution < -0.4 is 5.73 Å². The highest BCUT2D eigenvalue weighted by atomic mass is 19.4. The third-order valence-electron chi connectivity index (χ3n) is 8.15. The lowest BCUT2D eigenvalue weighted by atomic mass is 10.0. The van der Waals surface area contributed by atoms with Gasteiger partial charge in [0.25, 0.3) is 0 Å². The maximum absolute atomic E-state index is 16.7. The van der Waals surface area contributed by atoms with Crippen LogP contribution in [0.1, 0.15) is 62.5 Å². The number of alkyl halides is 3. The molecule has 1 unspecified atom stereocenters. The zero-order valence-electron chi connectivity index (χ0n) is 22.8. The molecule has 0 spiro atoms. The molecule has 2 N–H and O–H groups in total. The number of anilines is 1. The number of likely N-dealkylation sites (tertiary alicyclic amines) is 1. The molecule has 0 bridgehead atoms. The summed E-state index contributed by atoms with van der Waals surface area (Å²) in [4.78, 5) is 22.4. The second kappa shape index (κ2) is 8.29. The highest BCUT2D eigenvalue weighted by Crippen LogP contribution is 2.60. The molecule has 4 aromatic heterocycles. The molecule has 5 heterocycles. The molecule has 1 amide bonds. The van der Waals surface area contributed by atoms with Crippen molar-refractivity contribution in [2.75, 3.05) is 18.8 Å². The SMILES string of the molecule is Cc1nc(N)cc(-c2c(F)c3c(c(C4[C@H]5CN(C(=O)OC(C)(C)C)C[C@@H]45)nn3C3CC3)c3ncnn23)c1C(F)(F)F. The van der Waals surface area contributed by atoms with E-state index < -0.39 is 34.4 Å². The van der Waals surface area contributed by atoms with Gasteiger partial charge in [0.15, 0.2) is 11.5 Å². The summed E-state index contributed by atoms with van der Waals surface area (Å²) in [5, 5.41) is 9.45. The predicted octanol–water partition coefficient (Wildman–Crippen LogP) is 5.10. The van der Waals surface area contributed by atoms with Crippen molar-refractivity contribution < 1.29 is 27.1 Å². The van der Waals surface area contributed by atoms with Gasteiger partial charge in [-0.1, -0.05) is 0 Å². The minimum Gasteiger partial charge on any atom is -0.444 e. The Morgan fingerprint density at radius 2 is 1.83 bits per heavy atom. The number of halogens is 4. The van der Waals surface area contributed by atoms with Crippen LogP contribution in [0.15, 0.2) is 12.4 Å². The van der Waals surface area contributed by atoms with E-state index in [1.165, 1.54) is 13.3 Å². The number of aryl methyl sites for hydroxylation is 1. The topological polar surface area (TPSA) is 116 Å². The molecule has 0 aromatic carbocycles. The van der Waals surface area contributed by atoms with Crippen LogP contribution in [0.3, 0.4) is 0 Å². The number of aromatic nitrogens is 6. The van der Waals surface area contributed by atoms with Crippen LogP contribution in [-0.4, -0.2) is 59.0 Å². The molecular formula is C27H28F4N8O2. The third-order valence-corrected chi connectivity index (χ3v) is 8.15. The van der Waals surface area contributed by atoms with Gasteiger partial charge in [0, 0.05) is 24.6 Å². The van der Waals surface area contributed by atoms with Crippen molar-refractivity contribution in [1.29, 1.82) is 0 Å². The molecule has 2 aliphatic carbocycles. The second-order valence-electron chi connectivity index (χ2n) is 12.2. The van der Waals surface area contributed by atoms with Crippen LogP contribution in [0.4, 0.5) is 28.2 Å². The summed E-state index contributed by atoms with van der Waals surface area (Å²) in [5.41, 5.74) is 3.89. The largest absolute Gasteiger partial charge is 0.444 e. The van der Waals surface area contributed by atoms with Crippen molar-refractivity contribution in [1.82, 2.24) is 34.3 Å². The Morgan fingerprint density at radius 1 is 1.15 bits per heavy atom. The van der Waals surface area contributed by atoms with Gasteiger partial charge in [-0.3, -0.25) is 4.68 Å². The number of carbonyl (C=O) groups excluding carboxylic acids is 1. The van der Waals surface area contributed by atoms with Gasteiger partial charge in [0.2, 0.25) is 0 Å². The van der Waals surface area contributed by atoms with Gasteiger partial charge in [0.1, 0.15) is 29.0 Å². The lowest BCUT2D eigenvalue weighted by molar-refractivity contribution is -0.137.